The Labute approximate surface area is 343 Å². The second-order valence-corrected chi connectivity index (χ2v) is 21.7. The number of amides is 1. The van der Waals surface area contributed by atoms with Crippen molar-refractivity contribution >= 4 is 35.5 Å². The average molecular weight is 792 g/mol. The van der Waals surface area contributed by atoms with E-state index >= 15 is 0 Å². The van der Waals surface area contributed by atoms with E-state index in [4.69, 9.17) is 16.3 Å². The predicted octanol–water partition coefficient (Wildman–Crippen LogP) is 10.3. The molecule has 0 bridgehead atoms. The topological polar surface area (TPSA) is 84.0 Å². The molecular weight excluding hydrogens is 720 g/mol. The monoisotopic (exact) mass is 791 g/mol. The Morgan fingerprint density at radius 2 is 1.64 bits per heavy atom. The summed E-state index contributed by atoms with van der Waals surface area (Å²) in [5, 5.41) is 0.704. The number of ether oxygens (including phenoxy) is 1. The molecular formula is C48H71ClN2O5. The molecule has 5 aliphatic rings. The molecule has 0 radical (unpaired) electrons. The summed E-state index contributed by atoms with van der Waals surface area (Å²) in [6.07, 6.45) is 10.8. The number of benzene rings is 1. The summed E-state index contributed by atoms with van der Waals surface area (Å²) < 4.78 is 6.23. The van der Waals surface area contributed by atoms with Crippen LogP contribution in [0.25, 0.3) is 0 Å². The van der Waals surface area contributed by atoms with Gasteiger partial charge in [-0.05, 0) is 141 Å². The molecule has 6 rings (SSSR count). The van der Waals surface area contributed by atoms with Gasteiger partial charge in [-0.3, -0.25) is 14.4 Å². The van der Waals surface area contributed by atoms with Gasteiger partial charge in [0.05, 0.1) is 6.42 Å². The second-order valence-electron chi connectivity index (χ2n) is 21.3. The molecule has 8 atom stereocenters. The average Bonchev–Trinajstić information content (AvgIpc) is 3.40. The minimum Gasteiger partial charge on any atom is -0.462 e. The first-order valence-electron chi connectivity index (χ1n) is 21.7. The smallest absolute Gasteiger partial charge is 0.307 e. The fraction of sp³-hybridized carbons (Fsp3) is 0.750. The molecule has 1 aromatic carbocycles. The first-order valence-corrected chi connectivity index (χ1v) is 22.1. The van der Waals surface area contributed by atoms with Crippen molar-refractivity contribution in [2.24, 2.45) is 56.7 Å². The van der Waals surface area contributed by atoms with Gasteiger partial charge in [-0.2, -0.15) is 0 Å². The van der Waals surface area contributed by atoms with E-state index in [1.54, 1.807) is 20.8 Å². The number of nitrogens with zero attached hydrogens (tertiary/aromatic N) is 2. The van der Waals surface area contributed by atoms with Gasteiger partial charge in [0.15, 0.2) is 5.78 Å². The minimum atomic E-state index is -0.720. The summed E-state index contributed by atoms with van der Waals surface area (Å²) in [5.41, 5.74) is 4.05. The zero-order valence-corrected chi connectivity index (χ0v) is 37.2. The van der Waals surface area contributed by atoms with Gasteiger partial charge in [-0.1, -0.05) is 78.6 Å². The molecule has 1 aromatic rings. The van der Waals surface area contributed by atoms with Crippen LogP contribution in [0.2, 0.25) is 5.02 Å². The van der Waals surface area contributed by atoms with Crippen molar-refractivity contribution in [1.29, 1.82) is 0 Å². The van der Waals surface area contributed by atoms with Crippen molar-refractivity contribution in [1.82, 2.24) is 9.80 Å². The number of carbonyl (C=O) groups is 4. The molecule has 0 heterocycles. The number of hydrogen-bond donors (Lipinski definition) is 0. The van der Waals surface area contributed by atoms with Gasteiger partial charge in [0, 0.05) is 54.2 Å². The highest BCUT2D eigenvalue weighted by Gasteiger charge is 2.66. The third kappa shape index (κ3) is 7.71. The van der Waals surface area contributed by atoms with Gasteiger partial charge < -0.3 is 19.3 Å². The van der Waals surface area contributed by atoms with Crippen LogP contribution in [0.5, 0.6) is 0 Å². The maximum atomic E-state index is 14.2. The van der Waals surface area contributed by atoms with Crippen LogP contribution in [0.1, 0.15) is 144 Å². The minimum absolute atomic E-state index is 0.0648. The van der Waals surface area contributed by atoms with E-state index in [0.29, 0.717) is 54.0 Å². The summed E-state index contributed by atoms with van der Waals surface area (Å²) in [7, 11) is 4.09. The number of ketones is 1. The lowest BCUT2D eigenvalue weighted by atomic mass is 9.36. The zero-order chi connectivity index (χ0) is 41.2. The van der Waals surface area contributed by atoms with Crippen molar-refractivity contribution in [2.75, 3.05) is 20.6 Å². The molecule has 0 N–H and O–H groups in total. The number of rotatable bonds is 12. The number of Topliss-reactive ketones (excluding diaryl/α,β-unsaturated/α-hetero) is 1. The lowest BCUT2D eigenvalue weighted by Crippen LogP contribution is -2.63. The van der Waals surface area contributed by atoms with Gasteiger partial charge in [-0.25, -0.2) is 0 Å². The van der Waals surface area contributed by atoms with Gasteiger partial charge in [0.2, 0.25) is 5.91 Å². The van der Waals surface area contributed by atoms with Crippen LogP contribution in [-0.4, -0.2) is 60.5 Å². The van der Waals surface area contributed by atoms with E-state index in [0.717, 1.165) is 87.3 Å². The van der Waals surface area contributed by atoms with Gasteiger partial charge in [0.25, 0.3) is 0 Å². The SMILES string of the molecule is CC(=O)N(CCC12CCC3C(CCC4C3(C)CCC3C(C)(C)C(OC(=O)CC(C)(C)C=O)CCC34C)C1=C(C(C)C)C(=O)C2)Cc1ccc(Cl)cc1CN(C)C. The van der Waals surface area contributed by atoms with E-state index in [1.807, 2.05) is 31.1 Å². The fourth-order valence-electron chi connectivity index (χ4n) is 13.7. The van der Waals surface area contributed by atoms with Crippen LogP contribution in [0, 0.1) is 56.7 Å². The molecule has 0 aliphatic heterocycles. The summed E-state index contributed by atoms with van der Waals surface area (Å²) >= 11 is 6.42. The molecule has 8 unspecified atom stereocenters. The Morgan fingerprint density at radius 1 is 0.946 bits per heavy atom. The number of fused-ring (bicyclic) bond motifs is 7. The van der Waals surface area contributed by atoms with Crippen molar-refractivity contribution in [3.63, 3.8) is 0 Å². The maximum absolute atomic E-state index is 14.2. The molecule has 5 aliphatic carbocycles. The van der Waals surface area contributed by atoms with Crippen molar-refractivity contribution < 1.29 is 23.9 Å². The Kier molecular flexibility index (Phi) is 12.0. The summed E-state index contributed by atoms with van der Waals surface area (Å²) in [4.78, 5) is 56.2. The normalized spacial score (nSPS) is 33.8. The lowest BCUT2D eigenvalue weighted by molar-refractivity contribution is -0.213. The second kappa shape index (κ2) is 15.6. The number of hydrogen-bond acceptors (Lipinski definition) is 6. The molecule has 1 amide bonds. The highest BCUT2D eigenvalue weighted by molar-refractivity contribution is 6.30. The van der Waals surface area contributed by atoms with Crippen LogP contribution >= 0.6 is 11.6 Å². The fourth-order valence-corrected chi connectivity index (χ4v) is 13.9. The van der Waals surface area contributed by atoms with Crippen molar-refractivity contribution in [2.45, 2.75) is 152 Å². The molecule has 4 saturated carbocycles. The summed E-state index contributed by atoms with van der Waals surface area (Å²) in [6, 6.07) is 6.00. The standard InChI is InChI=1S/C48H71ClN2O5/c1-30(2)42-37(54)25-48(22-23-51(31(3)53)28-32-12-13-34(49)24-33(32)27-50(10)11)21-16-36-35(43(42)48)14-15-39-46(36,8)19-17-38-45(6,7)40(18-20-47(38,39)9)56-41(55)26-44(4,5)29-52/h12-13,24,29-30,35-36,38-40H,14-23,25-28H2,1-11H3. The van der Waals surface area contributed by atoms with E-state index in [-0.39, 0.29) is 52.0 Å². The van der Waals surface area contributed by atoms with E-state index in [9.17, 15) is 19.2 Å². The molecule has 7 nitrogen and oxygen atoms in total. The largest absolute Gasteiger partial charge is 0.462 e. The van der Waals surface area contributed by atoms with Crippen molar-refractivity contribution in [3.05, 3.63) is 45.5 Å². The number of esters is 1. The number of halogens is 1. The van der Waals surface area contributed by atoms with Crippen LogP contribution in [0.4, 0.5) is 0 Å². The molecule has 0 aromatic heterocycles. The Bertz CT molecular complexity index is 1750. The number of aldehydes is 1. The van der Waals surface area contributed by atoms with Gasteiger partial charge in [0.1, 0.15) is 12.4 Å². The van der Waals surface area contributed by atoms with Gasteiger partial charge in [-0.15, -0.1) is 0 Å². The third-order valence-electron chi connectivity index (χ3n) is 16.2. The van der Waals surface area contributed by atoms with Crippen LogP contribution in [-0.2, 0) is 37.0 Å². The van der Waals surface area contributed by atoms with Crippen LogP contribution in [0.3, 0.4) is 0 Å². The van der Waals surface area contributed by atoms with Gasteiger partial charge >= 0.3 is 5.97 Å². The Morgan fingerprint density at radius 3 is 2.29 bits per heavy atom. The zero-order valence-electron chi connectivity index (χ0n) is 36.5. The quantitative estimate of drug-likeness (QED) is 0.155. The van der Waals surface area contributed by atoms with Crippen LogP contribution < -0.4 is 0 Å². The maximum Gasteiger partial charge on any atom is 0.307 e. The van der Waals surface area contributed by atoms with Crippen molar-refractivity contribution in [3.8, 4) is 0 Å². The first-order chi connectivity index (χ1) is 26.1. The highest BCUT2D eigenvalue weighted by Crippen LogP contribution is 2.73. The summed E-state index contributed by atoms with van der Waals surface area (Å²) in [6.45, 7) is 21.4. The molecule has 0 saturated heterocycles. The molecule has 56 heavy (non-hydrogen) atoms. The van der Waals surface area contributed by atoms with E-state index in [1.165, 1.54) is 5.57 Å². The molecule has 8 heteroatoms. The number of carbonyl (C=O) groups excluding carboxylic acids is 4. The molecule has 310 valence electrons. The first kappa shape index (κ1) is 43.1. The van der Waals surface area contributed by atoms with Crippen LogP contribution in [0.15, 0.2) is 29.3 Å². The lowest BCUT2D eigenvalue weighted by Gasteiger charge is -2.69. The molecule has 0 spiro atoms. The predicted molar refractivity (Wildman–Crippen MR) is 224 cm³/mol. The third-order valence-corrected chi connectivity index (χ3v) is 16.4. The highest BCUT2D eigenvalue weighted by atomic mass is 35.5. The Hall–Kier alpha value is -2.51. The summed E-state index contributed by atoms with van der Waals surface area (Å²) in [5.74, 6) is 2.25. The van der Waals surface area contributed by atoms with E-state index in [2.05, 4.69) is 52.5 Å². The van der Waals surface area contributed by atoms with E-state index < -0.39 is 5.41 Å². The number of allylic oxidation sites excluding steroid dienone is 2. The Balaban J connectivity index is 1.24. The molecule has 4 fully saturated rings.